The van der Waals surface area contributed by atoms with Gasteiger partial charge in [-0.05, 0) is 42.8 Å². The number of rotatable bonds is 6. The van der Waals surface area contributed by atoms with Crippen LogP contribution >= 0.6 is 11.6 Å². The topological polar surface area (TPSA) is 91.0 Å². The molecule has 3 aromatic carbocycles. The molecular formula is C24H17ClN2O5. The monoisotopic (exact) mass is 448 g/mol. The average Bonchev–Trinajstić information content (AvgIpc) is 3.13. The predicted molar refractivity (Wildman–Crippen MR) is 121 cm³/mol. The molecule has 0 saturated carbocycles. The molecular weight excluding hydrogens is 432 g/mol. The van der Waals surface area contributed by atoms with Gasteiger partial charge in [-0.25, -0.2) is 9.79 Å². The third-order valence-corrected chi connectivity index (χ3v) is 5.08. The van der Waals surface area contributed by atoms with Gasteiger partial charge in [0.25, 0.3) is 5.69 Å². The zero-order valence-corrected chi connectivity index (χ0v) is 17.7. The van der Waals surface area contributed by atoms with Crippen LogP contribution in [0.4, 0.5) is 5.69 Å². The number of esters is 1. The molecule has 0 N–H and O–H groups in total. The van der Waals surface area contributed by atoms with Crippen molar-refractivity contribution in [1.29, 1.82) is 0 Å². The molecule has 3 aromatic rings. The second kappa shape index (κ2) is 9.03. The van der Waals surface area contributed by atoms with Gasteiger partial charge in [0, 0.05) is 27.8 Å². The summed E-state index contributed by atoms with van der Waals surface area (Å²) in [6.07, 6.45) is 1.56. The van der Waals surface area contributed by atoms with Gasteiger partial charge in [0.2, 0.25) is 5.90 Å². The third kappa shape index (κ3) is 4.53. The van der Waals surface area contributed by atoms with Crippen molar-refractivity contribution >= 4 is 35.2 Å². The van der Waals surface area contributed by atoms with Crippen LogP contribution < -0.4 is 4.74 Å². The largest absolute Gasteiger partial charge is 0.488 e. The van der Waals surface area contributed by atoms with E-state index in [9.17, 15) is 14.9 Å². The molecule has 1 aliphatic rings. The molecule has 1 heterocycles. The summed E-state index contributed by atoms with van der Waals surface area (Å²) in [5.41, 5.74) is 2.31. The molecule has 0 atom stereocenters. The summed E-state index contributed by atoms with van der Waals surface area (Å²) >= 11 is 6.02. The van der Waals surface area contributed by atoms with E-state index in [0.717, 1.165) is 5.56 Å². The highest BCUT2D eigenvalue weighted by molar-refractivity contribution is 6.30. The Hall–Kier alpha value is -3.97. The lowest BCUT2D eigenvalue weighted by molar-refractivity contribution is -0.385. The lowest BCUT2D eigenvalue weighted by Crippen LogP contribution is -2.08. The highest BCUT2D eigenvalue weighted by Gasteiger charge is 2.27. The van der Waals surface area contributed by atoms with E-state index in [1.165, 1.54) is 12.1 Å². The van der Waals surface area contributed by atoms with Gasteiger partial charge < -0.3 is 9.47 Å². The van der Waals surface area contributed by atoms with Gasteiger partial charge in [-0.1, -0.05) is 48.0 Å². The number of nitro groups is 1. The maximum absolute atomic E-state index is 12.4. The second-order valence-electron chi connectivity index (χ2n) is 7.00. The van der Waals surface area contributed by atoms with Crippen molar-refractivity contribution in [3.63, 3.8) is 0 Å². The van der Waals surface area contributed by atoms with E-state index >= 15 is 0 Å². The van der Waals surface area contributed by atoms with Gasteiger partial charge in [-0.3, -0.25) is 10.1 Å². The van der Waals surface area contributed by atoms with Crippen molar-refractivity contribution in [3.8, 4) is 5.75 Å². The summed E-state index contributed by atoms with van der Waals surface area (Å²) < 4.78 is 11.2. The average molecular weight is 449 g/mol. The zero-order valence-electron chi connectivity index (χ0n) is 16.9. The highest BCUT2D eigenvalue weighted by atomic mass is 35.5. The molecule has 32 heavy (non-hydrogen) atoms. The van der Waals surface area contributed by atoms with Gasteiger partial charge in [0.05, 0.1) is 4.92 Å². The van der Waals surface area contributed by atoms with Crippen LogP contribution in [0.25, 0.3) is 6.08 Å². The number of hydrogen-bond donors (Lipinski definition) is 0. The highest BCUT2D eigenvalue weighted by Crippen LogP contribution is 2.28. The number of cyclic esters (lactones) is 1. The molecule has 0 bridgehead atoms. The molecule has 4 rings (SSSR count). The summed E-state index contributed by atoms with van der Waals surface area (Å²) in [5, 5.41) is 11.8. The summed E-state index contributed by atoms with van der Waals surface area (Å²) in [6.45, 7) is 1.89. The van der Waals surface area contributed by atoms with Crippen LogP contribution in [0.5, 0.6) is 5.75 Å². The van der Waals surface area contributed by atoms with Crippen LogP contribution in [0, 0.1) is 17.0 Å². The molecule has 0 spiro atoms. The number of hydrogen-bond acceptors (Lipinski definition) is 6. The van der Waals surface area contributed by atoms with Crippen LogP contribution in [0.3, 0.4) is 0 Å². The molecule has 8 heteroatoms. The standard InChI is InChI=1S/C24H17ClN2O5/c1-15-19(9-5-10-21(15)27(29)30)23-26-20(24(28)32-23)13-17-7-2-3-11-22(17)31-14-16-6-4-8-18(25)12-16/h2-13H,14H2,1H3/b20-13-. The van der Waals surface area contributed by atoms with Gasteiger partial charge >= 0.3 is 5.97 Å². The van der Waals surface area contributed by atoms with E-state index in [1.807, 2.05) is 30.3 Å². The number of carbonyl (C=O) groups is 1. The first-order valence-corrected chi connectivity index (χ1v) is 10.0. The molecule has 1 aliphatic heterocycles. The van der Waals surface area contributed by atoms with E-state index in [1.54, 1.807) is 37.3 Å². The van der Waals surface area contributed by atoms with E-state index in [4.69, 9.17) is 21.1 Å². The molecule has 7 nitrogen and oxygen atoms in total. The number of nitro benzene ring substituents is 1. The SMILES string of the molecule is Cc1c(C2=N/C(=C\c3ccccc3OCc3cccc(Cl)c3)C(=O)O2)cccc1[N+](=O)[O-]. The molecule has 160 valence electrons. The minimum absolute atomic E-state index is 0.0276. The Balaban J connectivity index is 1.62. The van der Waals surface area contributed by atoms with Crippen molar-refractivity contribution in [3.05, 3.63) is 110 Å². The summed E-state index contributed by atoms with van der Waals surface area (Å²) in [7, 11) is 0. The number of para-hydroxylation sites is 1. The number of nitrogens with zero attached hydrogens (tertiary/aromatic N) is 2. The Morgan fingerprint density at radius 1 is 1.12 bits per heavy atom. The first kappa shape index (κ1) is 21.3. The Morgan fingerprint density at radius 2 is 1.91 bits per heavy atom. The van der Waals surface area contributed by atoms with E-state index in [2.05, 4.69) is 4.99 Å². The van der Waals surface area contributed by atoms with Gasteiger partial charge in [0.15, 0.2) is 5.70 Å². The maximum Gasteiger partial charge on any atom is 0.363 e. The number of carbonyl (C=O) groups excluding carboxylic acids is 1. The van der Waals surface area contributed by atoms with Crippen molar-refractivity contribution in [1.82, 2.24) is 0 Å². The predicted octanol–water partition coefficient (Wildman–Crippen LogP) is 5.48. The molecule has 0 aliphatic carbocycles. The molecule has 0 radical (unpaired) electrons. The molecule has 0 saturated heterocycles. The van der Waals surface area contributed by atoms with E-state index < -0.39 is 10.9 Å². The van der Waals surface area contributed by atoms with Gasteiger partial charge in [-0.2, -0.15) is 0 Å². The molecule has 0 amide bonds. The quantitative estimate of drug-likeness (QED) is 0.215. The normalized spacial score (nSPS) is 14.2. The minimum Gasteiger partial charge on any atom is -0.488 e. The van der Waals surface area contributed by atoms with Crippen LogP contribution in [-0.4, -0.2) is 16.8 Å². The Kier molecular flexibility index (Phi) is 6.00. The fourth-order valence-corrected chi connectivity index (χ4v) is 3.46. The zero-order chi connectivity index (χ0) is 22.7. The Labute approximate surface area is 188 Å². The summed E-state index contributed by atoms with van der Waals surface area (Å²) in [5.74, 6) is -0.0571. The smallest absolute Gasteiger partial charge is 0.363 e. The third-order valence-electron chi connectivity index (χ3n) is 4.85. The first-order chi connectivity index (χ1) is 15.4. The van der Waals surface area contributed by atoms with Crippen LogP contribution in [0.1, 0.15) is 22.3 Å². The van der Waals surface area contributed by atoms with E-state index in [0.29, 0.717) is 34.1 Å². The van der Waals surface area contributed by atoms with Crippen LogP contribution in [0.15, 0.2) is 77.4 Å². The summed E-state index contributed by atoms with van der Waals surface area (Å²) in [6, 6.07) is 19.1. The fraction of sp³-hybridized carbons (Fsp3) is 0.0833. The second-order valence-corrected chi connectivity index (χ2v) is 7.44. The summed E-state index contributed by atoms with van der Waals surface area (Å²) in [4.78, 5) is 27.4. The number of benzene rings is 3. The lowest BCUT2D eigenvalue weighted by atomic mass is 10.1. The van der Waals surface area contributed by atoms with Crippen LogP contribution in [-0.2, 0) is 16.1 Å². The van der Waals surface area contributed by atoms with Gasteiger partial charge in [0.1, 0.15) is 12.4 Å². The minimum atomic E-state index is -0.643. The fourth-order valence-electron chi connectivity index (χ4n) is 3.24. The van der Waals surface area contributed by atoms with Crippen molar-refractivity contribution < 1.29 is 19.2 Å². The Morgan fingerprint density at radius 3 is 2.69 bits per heavy atom. The molecule has 0 aromatic heterocycles. The maximum atomic E-state index is 12.4. The number of aliphatic imine (C=N–C) groups is 1. The van der Waals surface area contributed by atoms with Gasteiger partial charge in [-0.15, -0.1) is 0 Å². The number of ether oxygens (including phenoxy) is 2. The first-order valence-electron chi connectivity index (χ1n) is 9.65. The Bertz CT molecular complexity index is 1280. The van der Waals surface area contributed by atoms with Crippen molar-refractivity contribution in [2.24, 2.45) is 4.99 Å². The van der Waals surface area contributed by atoms with Crippen molar-refractivity contribution in [2.75, 3.05) is 0 Å². The lowest BCUT2D eigenvalue weighted by Gasteiger charge is -2.09. The van der Waals surface area contributed by atoms with Crippen molar-refractivity contribution in [2.45, 2.75) is 13.5 Å². The number of halogens is 1. The van der Waals surface area contributed by atoms with Crippen LogP contribution in [0.2, 0.25) is 5.02 Å². The molecule has 0 unspecified atom stereocenters. The molecule has 0 fully saturated rings. The van der Waals surface area contributed by atoms with E-state index in [-0.39, 0.29) is 17.3 Å².